The van der Waals surface area contributed by atoms with Crippen LogP contribution in [0, 0.1) is 5.82 Å². The van der Waals surface area contributed by atoms with Crippen LogP contribution in [0.5, 0.6) is 5.75 Å². The van der Waals surface area contributed by atoms with E-state index >= 15 is 0 Å². The topological polar surface area (TPSA) is 61.8 Å². The number of hydrogen-bond acceptors (Lipinski definition) is 4. The van der Waals surface area contributed by atoms with Crippen molar-refractivity contribution in [1.82, 2.24) is 0 Å². The van der Waals surface area contributed by atoms with Gasteiger partial charge in [0.05, 0.1) is 11.6 Å². The van der Waals surface area contributed by atoms with Crippen LogP contribution in [0.25, 0.3) is 6.08 Å². The van der Waals surface area contributed by atoms with Gasteiger partial charge in [-0.25, -0.2) is 4.39 Å². The summed E-state index contributed by atoms with van der Waals surface area (Å²) in [7, 11) is 0. The Morgan fingerprint density at radius 2 is 1.84 bits per heavy atom. The van der Waals surface area contributed by atoms with Gasteiger partial charge in [0.1, 0.15) is 11.6 Å². The molecule has 1 aliphatic rings. The molecule has 0 saturated heterocycles. The Morgan fingerprint density at radius 3 is 2.55 bits per heavy atom. The molecule has 0 radical (unpaired) electrons. The Bertz CT molecular complexity index is 1320. The number of benzene rings is 3. The van der Waals surface area contributed by atoms with E-state index in [4.69, 9.17) is 9.84 Å². The van der Waals surface area contributed by atoms with Crippen LogP contribution in [0.2, 0.25) is 0 Å². The molecule has 4 rings (SSSR count). The quantitative estimate of drug-likeness (QED) is 0.272. The van der Waals surface area contributed by atoms with Crippen molar-refractivity contribution in [3.8, 4) is 5.75 Å². The maximum absolute atomic E-state index is 14.4. The van der Waals surface area contributed by atoms with Crippen molar-refractivity contribution in [2.75, 3.05) is 10.2 Å². The zero-order chi connectivity index (χ0) is 26.6. The maximum Gasteiger partial charge on any atom is 2.00 e. The van der Waals surface area contributed by atoms with Gasteiger partial charge in [0.25, 0.3) is 0 Å². The maximum atomic E-state index is 14.4. The number of ether oxygens (including phenoxy) is 1. The van der Waals surface area contributed by atoms with Crippen molar-refractivity contribution < 1.29 is 21.9 Å². The molecule has 7 heteroatoms. The number of anilines is 2. The molecule has 1 heterocycles. The molecule has 1 aliphatic heterocycles. The third kappa shape index (κ3) is 7.52. The fraction of sp³-hybridized carbons (Fsp3) is 0.323. The minimum absolute atomic E-state index is 0. The third-order valence-electron chi connectivity index (χ3n) is 6.57. The normalized spacial score (nSPS) is 13.6. The van der Waals surface area contributed by atoms with Crippen molar-refractivity contribution in [2.45, 2.75) is 65.3 Å². The molecule has 0 atom stereocenters. The average Bonchev–Trinajstić information content (AvgIpc) is 2.84. The van der Waals surface area contributed by atoms with Gasteiger partial charge in [-0.2, -0.15) is 0 Å². The van der Waals surface area contributed by atoms with Gasteiger partial charge in [-0.05, 0) is 75.1 Å². The fourth-order valence-corrected chi connectivity index (χ4v) is 4.54. The minimum atomic E-state index is -0.936. The zero-order valence-corrected chi connectivity index (χ0v) is 24.8. The molecular weight excluding hydrogens is 507 g/mol. The van der Waals surface area contributed by atoms with E-state index in [1.54, 1.807) is 12.1 Å². The first kappa shape index (κ1) is 30.0. The molecule has 0 saturated carbocycles. The smallest absolute Gasteiger partial charge is 1.00 e. The van der Waals surface area contributed by atoms with E-state index in [-0.39, 0.29) is 65.1 Å². The number of carboxylic acids is 1. The largest absolute Gasteiger partial charge is 2.00 e. The van der Waals surface area contributed by atoms with Gasteiger partial charge in [-0.3, -0.25) is 4.79 Å². The van der Waals surface area contributed by atoms with Crippen molar-refractivity contribution in [3.05, 3.63) is 94.8 Å². The predicted molar refractivity (Wildman–Crippen MR) is 156 cm³/mol. The number of carboxylic acid groups (broad SMARTS) is 1. The number of rotatable bonds is 10. The average molecular weight is 545 g/mol. The summed E-state index contributed by atoms with van der Waals surface area (Å²) in [5, 5.41) is 12.1. The summed E-state index contributed by atoms with van der Waals surface area (Å²) in [4.78, 5) is 13.2. The first-order chi connectivity index (χ1) is 17.6. The monoisotopic (exact) mass is 544 g/mol. The third-order valence-corrected chi connectivity index (χ3v) is 6.57. The summed E-state index contributed by atoms with van der Waals surface area (Å²) in [6.45, 7) is 9.68. The summed E-state index contributed by atoms with van der Waals surface area (Å²) in [5.41, 5.74) is 5.43. The van der Waals surface area contributed by atoms with Crippen molar-refractivity contribution in [1.29, 1.82) is 0 Å². The second-order valence-electron chi connectivity index (χ2n) is 10.3. The molecular formula is C31H37CaFN2O3. The van der Waals surface area contributed by atoms with E-state index in [1.807, 2.05) is 13.8 Å². The Hall–Kier alpha value is -2.54. The molecule has 198 valence electrons. The van der Waals surface area contributed by atoms with E-state index in [2.05, 4.69) is 78.7 Å². The molecule has 0 aliphatic carbocycles. The van der Waals surface area contributed by atoms with Gasteiger partial charge < -0.3 is 22.9 Å². The molecule has 0 spiro atoms. The number of aliphatic carboxylic acids is 1. The van der Waals surface area contributed by atoms with Crippen LogP contribution in [0.4, 0.5) is 15.8 Å². The summed E-state index contributed by atoms with van der Waals surface area (Å²) in [5.74, 6) is -0.495. The SMILES string of the molecule is CC(C)Oc1cc(CNc2ccc(CCC(=O)O)c(F)c2)ccc1CN1c2ccccc2C=CC1(C)C.[Ca+2].[H-].[H-]. The molecule has 3 aromatic carbocycles. The number of fused-ring (bicyclic) bond motifs is 1. The number of aryl methyl sites for hydroxylation is 1. The molecule has 0 aromatic heterocycles. The van der Waals surface area contributed by atoms with E-state index < -0.39 is 11.8 Å². The van der Waals surface area contributed by atoms with Crippen LogP contribution in [-0.2, 0) is 24.3 Å². The summed E-state index contributed by atoms with van der Waals surface area (Å²) < 4.78 is 20.7. The number of hydrogen-bond donors (Lipinski definition) is 2. The van der Waals surface area contributed by atoms with Gasteiger partial charge in [0.2, 0.25) is 0 Å². The predicted octanol–water partition coefficient (Wildman–Crippen LogP) is 6.90. The summed E-state index contributed by atoms with van der Waals surface area (Å²) >= 11 is 0. The van der Waals surface area contributed by atoms with Crippen molar-refractivity contribution >= 4 is 61.2 Å². The Labute approximate surface area is 257 Å². The second kappa shape index (κ2) is 13.0. The van der Waals surface area contributed by atoms with Gasteiger partial charge in [0.15, 0.2) is 0 Å². The molecule has 0 amide bonds. The minimum Gasteiger partial charge on any atom is -1.00 e. The summed E-state index contributed by atoms with van der Waals surface area (Å²) in [6, 6.07) is 19.5. The molecule has 0 bridgehead atoms. The van der Waals surface area contributed by atoms with Gasteiger partial charge >= 0.3 is 43.7 Å². The van der Waals surface area contributed by atoms with Crippen LogP contribution in [0.3, 0.4) is 0 Å². The van der Waals surface area contributed by atoms with Crippen LogP contribution in [-0.4, -0.2) is 60.5 Å². The van der Waals surface area contributed by atoms with E-state index in [0.29, 0.717) is 24.3 Å². The number of carbonyl (C=O) groups is 1. The number of nitrogens with one attached hydrogen (secondary N) is 1. The van der Waals surface area contributed by atoms with Crippen molar-refractivity contribution in [2.24, 2.45) is 0 Å². The van der Waals surface area contributed by atoms with E-state index in [9.17, 15) is 9.18 Å². The van der Waals surface area contributed by atoms with Crippen molar-refractivity contribution in [3.63, 3.8) is 0 Å². The van der Waals surface area contributed by atoms with E-state index in [0.717, 1.165) is 16.9 Å². The standard InChI is InChI=1S/C31H35FN2O3.Ca.2H/c1-21(2)37-29-17-22(19-33-26-13-11-23(27(32)18-26)12-14-30(35)36)9-10-25(29)20-34-28-8-6-5-7-24(28)15-16-31(34,3)4;;;/h5-11,13,15-18,21,33H,12,14,19-20H2,1-4H3,(H,35,36);;;/q;+2;2*-1. The van der Waals surface area contributed by atoms with Gasteiger partial charge in [0, 0.05) is 36.4 Å². The van der Waals surface area contributed by atoms with Gasteiger partial charge in [-0.1, -0.05) is 48.6 Å². The molecule has 38 heavy (non-hydrogen) atoms. The zero-order valence-electron chi connectivity index (χ0n) is 24.6. The molecule has 2 N–H and O–H groups in total. The molecule has 0 fully saturated rings. The van der Waals surface area contributed by atoms with Crippen LogP contribution in [0.1, 0.15) is 59.2 Å². The first-order valence-corrected chi connectivity index (χ1v) is 12.7. The Kier molecular flexibility index (Phi) is 10.3. The first-order valence-electron chi connectivity index (χ1n) is 12.7. The van der Waals surface area contributed by atoms with Gasteiger partial charge in [-0.15, -0.1) is 0 Å². The van der Waals surface area contributed by atoms with Crippen LogP contribution in [0.15, 0.2) is 66.7 Å². The second-order valence-corrected chi connectivity index (χ2v) is 10.3. The molecule has 3 aromatic rings. The number of nitrogens with zero attached hydrogens (tertiary/aromatic N) is 1. The molecule has 0 unspecified atom stereocenters. The summed E-state index contributed by atoms with van der Waals surface area (Å²) in [6.07, 6.45) is 4.53. The number of halogens is 1. The Morgan fingerprint density at radius 1 is 1.11 bits per heavy atom. The van der Waals surface area contributed by atoms with E-state index in [1.165, 1.54) is 17.3 Å². The fourth-order valence-electron chi connectivity index (χ4n) is 4.54. The number of para-hydroxylation sites is 1. The van der Waals surface area contributed by atoms with Crippen LogP contribution < -0.4 is 15.0 Å². The van der Waals surface area contributed by atoms with Crippen LogP contribution >= 0.6 is 0 Å². The Balaban J connectivity index is 0.00000267. The molecule has 5 nitrogen and oxygen atoms in total.